The topological polar surface area (TPSA) is 37.8 Å². The fourth-order valence-electron chi connectivity index (χ4n) is 1.46. The van der Waals surface area contributed by atoms with Crippen LogP contribution in [-0.4, -0.2) is 16.5 Å². The number of nitrogens with zero attached hydrogens (tertiary/aromatic N) is 2. The molecule has 88 valence electrons. The number of anilines is 1. The Morgan fingerprint density at radius 2 is 1.94 bits per heavy atom. The zero-order valence-corrected chi connectivity index (χ0v) is 9.65. The zero-order chi connectivity index (χ0) is 12.1. The molecule has 0 saturated carbocycles. The van der Waals surface area contributed by atoms with E-state index >= 15 is 0 Å². The van der Waals surface area contributed by atoms with Crippen molar-refractivity contribution in [2.24, 2.45) is 0 Å². The molecule has 0 fully saturated rings. The molecule has 1 aromatic heterocycles. The third kappa shape index (κ3) is 3.00. The smallest absolute Gasteiger partial charge is 0.145 e. The van der Waals surface area contributed by atoms with E-state index in [4.69, 9.17) is 0 Å². The van der Waals surface area contributed by atoms with Gasteiger partial charge in [0.05, 0.1) is 18.1 Å². The molecule has 0 unspecified atom stereocenters. The molecule has 17 heavy (non-hydrogen) atoms. The number of nitrogens with one attached hydrogen (secondary N) is 1. The van der Waals surface area contributed by atoms with Crippen molar-refractivity contribution in [3.05, 3.63) is 42.5 Å². The minimum atomic E-state index is -0.248. The highest BCUT2D eigenvalue weighted by atomic mass is 19.1. The van der Waals surface area contributed by atoms with Crippen molar-refractivity contribution in [1.82, 2.24) is 9.97 Å². The highest BCUT2D eigenvalue weighted by molar-refractivity contribution is 5.59. The predicted molar refractivity (Wildman–Crippen MR) is 66.2 cm³/mol. The minimum absolute atomic E-state index is 0.248. The molecule has 1 heterocycles. The molecule has 0 radical (unpaired) electrons. The second-order valence-electron chi connectivity index (χ2n) is 3.72. The highest BCUT2D eigenvalue weighted by Gasteiger charge is 2.01. The van der Waals surface area contributed by atoms with Gasteiger partial charge in [-0.15, -0.1) is 0 Å². The lowest BCUT2D eigenvalue weighted by Crippen LogP contribution is -2.02. The SMILES string of the molecule is CCCNc1cncc(-c2ccc(F)cc2)n1. The zero-order valence-electron chi connectivity index (χ0n) is 9.65. The average molecular weight is 231 g/mol. The van der Waals surface area contributed by atoms with Gasteiger partial charge in [-0.2, -0.15) is 0 Å². The van der Waals surface area contributed by atoms with Crippen LogP contribution in [0.15, 0.2) is 36.7 Å². The van der Waals surface area contributed by atoms with Crippen molar-refractivity contribution in [2.45, 2.75) is 13.3 Å². The Hall–Kier alpha value is -1.97. The summed E-state index contributed by atoms with van der Waals surface area (Å²) in [5, 5.41) is 3.17. The average Bonchev–Trinajstić information content (AvgIpc) is 2.37. The first-order valence-electron chi connectivity index (χ1n) is 5.61. The molecule has 0 aliphatic heterocycles. The van der Waals surface area contributed by atoms with Gasteiger partial charge in [-0.3, -0.25) is 4.98 Å². The van der Waals surface area contributed by atoms with Gasteiger partial charge in [0, 0.05) is 12.1 Å². The second-order valence-corrected chi connectivity index (χ2v) is 3.72. The quantitative estimate of drug-likeness (QED) is 0.878. The van der Waals surface area contributed by atoms with Crippen LogP contribution in [0.1, 0.15) is 13.3 Å². The summed E-state index contributed by atoms with van der Waals surface area (Å²) < 4.78 is 12.8. The summed E-state index contributed by atoms with van der Waals surface area (Å²) in [6.45, 7) is 2.95. The molecule has 2 rings (SSSR count). The molecule has 0 bridgehead atoms. The standard InChI is InChI=1S/C13H14FN3/c1-2-7-16-13-9-15-8-12(17-13)10-3-5-11(14)6-4-10/h3-6,8-9H,2,7H2,1H3,(H,16,17). The Morgan fingerprint density at radius 3 is 2.65 bits per heavy atom. The Kier molecular flexibility index (Phi) is 3.65. The van der Waals surface area contributed by atoms with Crippen LogP contribution in [0.4, 0.5) is 10.2 Å². The van der Waals surface area contributed by atoms with Crippen LogP contribution >= 0.6 is 0 Å². The molecule has 0 atom stereocenters. The third-order valence-corrected chi connectivity index (χ3v) is 2.33. The van der Waals surface area contributed by atoms with Gasteiger partial charge in [-0.05, 0) is 30.7 Å². The largest absolute Gasteiger partial charge is 0.369 e. The molecule has 1 aromatic carbocycles. The Bertz CT molecular complexity index is 482. The van der Waals surface area contributed by atoms with E-state index in [2.05, 4.69) is 22.2 Å². The number of rotatable bonds is 4. The van der Waals surface area contributed by atoms with E-state index < -0.39 is 0 Å². The maximum Gasteiger partial charge on any atom is 0.145 e. The van der Waals surface area contributed by atoms with Gasteiger partial charge in [0.25, 0.3) is 0 Å². The lowest BCUT2D eigenvalue weighted by Gasteiger charge is -2.05. The van der Waals surface area contributed by atoms with E-state index in [-0.39, 0.29) is 5.82 Å². The summed E-state index contributed by atoms with van der Waals surface area (Å²) in [5.74, 6) is 0.496. The fourth-order valence-corrected chi connectivity index (χ4v) is 1.46. The van der Waals surface area contributed by atoms with E-state index in [9.17, 15) is 4.39 Å². The summed E-state index contributed by atoms with van der Waals surface area (Å²) in [7, 11) is 0. The minimum Gasteiger partial charge on any atom is -0.369 e. The van der Waals surface area contributed by atoms with Crippen LogP contribution in [0.25, 0.3) is 11.3 Å². The van der Waals surface area contributed by atoms with Gasteiger partial charge < -0.3 is 5.32 Å². The van der Waals surface area contributed by atoms with Gasteiger partial charge >= 0.3 is 0 Å². The van der Waals surface area contributed by atoms with Crippen molar-refractivity contribution in [3.8, 4) is 11.3 Å². The van der Waals surface area contributed by atoms with Crippen LogP contribution in [-0.2, 0) is 0 Å². The first-order chi connectivity index (χ1) is 8.29. The first kappa shape index (κ1) is 11.5. The molecular formula is C13H14FN3. The summed E-state index contributed by atoms with van der Waals surface area (Å²) in [5.41, 5.74) is 1.60. The molecule has 0 aliphatic rings. The summed E-state index contributed by atoms with van der Waals surface area (Å²) in [6, 6.07) is 6.23. The lowest BCUT2D eigenvalue weighted by molar-refractivity contribution is 0.628. The maximum atomic E-state index is 12.8. The van der Waals surface area contributed by atoms with Gasteiger partial charge in [0.1, 0.15) is 11.6 Å². The Morgan fingerprint density at radius 1 is 1.18 bits per heavy atom. The van der Waals surface area contributed by atoms with Crippen LogP contribution < -0.4 is 5.32 Å². The van der Waals surface area contributed by atoms with Gasteiger partial charge in [0.15, 0.2) is 0 Å². The number of hydrogen-bond donors (Lipinski definition) is 1. The van der Waals surface area contributed by atoms with E-state index in [0.717, 1.165) is 30.0 Å². The van der Waals surface area contributed by atoms with Crippen LogP contribution in [0.3, 0.4) is 0 Å². The molecule has 1 N–H and O–H groups in total. The van der Waals surface area contributed by atoms with Gasteiger partial charge in [-0.25, -0.2) is 9.37 Å². The Balaban J connectivity index is 2.23. The van der Waals surface area contributed by atoms with Crippen molar-refractivity contribution < 1.29 is 4.39 Å². The fraction of sp³-hybridized carbons (Fsp3) is 0.231. The van der Waals surface area contributed by atoms with E-state index in [0.29, 0.717) is 0 Å². The highest BCUT2D eigenvalue weighted by Crippen LogP contribution is 2.17. The normalized spacial score (nSPS) is 10.2. The van der Waals surface area contributed by atoms with E-state index in [1.54, 1.807) is 24.5 Å². The molecular weight excluding hydrogens is 217 g/mol. The summed E-state index contributed by atoms with van der Waals surface area (Å²) in [6.07, 6.45) is 4.38. The Labute approximate surface area is 99.7 Å². The molecule has 0 aliphatic carbocycles. The predicted octanol–water partition coefficient (Wildman–Crippen LogP) is 3.10. The van der Waals surface area contributed by atoms with Crippen LogP contribution in [0.2, 0.25) is 0 Å². The lowest BCUT2D eigenvalue weighted by atomic mass is 10.1. The molecule has 0 saturated heterocycles. The number of benzene rings is 1. The molecule has 0 spiro atoms. The maximum absolute atomic E-state index is 12.8. The van der Waals surface area contributed by atoms with Crippen molar-refractivity contribution in [2.75, 3.05) is 11.9 Å². The van der Waals surface area contributed by atoms with Crippen LogP contribution in [0.5, 0.6) is 0 Å². The van der Waals surface area contributed by atoms with E-state index in [1.807, 2.05) is 0 Å². The molecule has 4 heteroatoms. The van der Waals surface area contributed by atoms with Gasteiger partial charge in [-0.1, -0.05) is 6.92 Å². The van der Waals surface area contributed by atoms with Crippen molar-refractivity contribution >= 4 is 5.82 Å². The molecule has 3 nitrogen and oxygen atoms in total. The van der Waals surface area contributed by atoms with Crippen molar-refractivity contribution in [1.29, 1.82) is 0 Å². The summed E-state index contributed by atoms with van der Waals surface area (Å²) in [4.78, 5) is 8.53. The van der Waals surface area contributed by atoms with Crippen LogP contribution in [0, 0.1) is 5.82 Å². The second kappa shape index (κ2) is 5.39. The van der Waals surface area contributed by atoms with E-state index in [1.165, 1.54) is 12.1 Å². The van der Waals surface area contributed by atoms with Crippen molar-refractivity contribution in [3.63, 3.8) is 0 Å². The molecule has 0 amide bonds. The summed E-state index contributed by atoms with van der Waals surface area (Å²) >= 11 is 0. The number of halogens is 1. The monoisotopic (exact) mass is 231 g/mol. The molecule has 2 aromatic rings. The third-order valence-electron chi connectivity index (χ3n) is 2.33. The number of aromatic nitrogens is 2. The van der Waals surface area contributed by atoms with Gasteiger partial charge in [0.2, 0.25) is 0 Å². The first-order valence-corrected chi connectivity index (χ1v) is 5.61. The number of hydrogen-bond acceptors (Lipinski definition) is 3.